The standard InChI is InChI=1S/C25H28N2O2/c1-26(2)18-9-19-29-24-16-14-23(15-17-24)27(22-12-7-4-8-13-22)25(28)20-21-10-5-3-6-11-21/h3-8,10-17H,9,18-20H2,1-2H3. The molecule has 3 rings (SSSR count). The summed E-state index contributed by atoms with van der Waals surface area (Å²) in [6.45, 7) is 1.67. The van der Waals surface area contributed by atoms with Crippen molar-refractivity contribution in [3.8, 4) is 5.75 Å². The van der Waals surface area contributed by atoms with Gasteiger partial charge < -0.3 is 9.64 Å². The van der Waals surface area contributed by atoms with Crippen molar-refractivity contribution in [2.75, 3.05) is 32.1 Å². The first kappa shape index (κ1) is 20.6. The lowest BCUT2D eigenvalue weighted by molar-refractivity contribution is -0.117. The number of amides is 1. The molecule has 0 saturated carbocycles. The van der Waals surface area contributed by atoms with E-state index >= 15 is 0 Å². The Morgan fingerprint density at radius 2 is 1.38 bits per heavy atom. The van der Waals surface area contributed by atoms with Crippen molar-refractivity contribution in [2.45, 2.75) is 12.8 Å². The maximum atomic E-state index is 13.2. The summed E-state index contributed by atoms with van der Waals surface area (Å²) in [5.41, 5.74) is 2.69. The zero-order valence-electron chi connectivity index (χ0n) is 17.1. The fourth-order valence-electron chi connectivity index (χ4n) is 3.13. The van der Waals surface area contributed by atoms with Crippen LogP contribution in [-0.4, -0.2) is 38.1 Å². The molecule has 3 aromatic rings. The molecule has 4 nitrogen and oxygen atoms in total. The lowest BCUT2D eigenvalue weighted by Gasteiger charge is -2.23. The molecule has 0 aromatic heterocycles. The van der Waals surface area contributed by atoms with Crippen molar-refractivity contribution in [1.82, 2.24) is 4.90 Å². The average Bonchev–Trinajstić information content (AvgIpc) is 2.74. The molecule has 0 saturated heterocycles. The van der Waals surface area contributed by atoms with E-state index in [4.69, 9.17) is 4.74 Å². The van der Waals surface area contributed by atoms with E-state index < -0.39 is 0 Å². The fourth-order valence-corrected chi connectivity index (χ4v) is 3.13. The maximum absolute atomic E-state index is 13.2. The maximum Gasteiger partial charge on any atom is 0.235 e. The van der Waals surface area contributed by atoms with Crippen LogP contribution in [0.1, 0.15) is 12.0 Å². The van der Waals surface area contributed by atoms with Gasteiger partial charge in [0.15, 0.2) is 0 Å². The third kappa shape index (κ3) is 6.19. The highest BCUT2D eigenvalue weighted by Gasteiger charge is 2.18. The molecule has 0 fully saturated rings. The summed E-state index contributed by atoms with van der Waals surface area (Å²) in [7, 11) is 4.11. The van der Waals surface area contributed by atoms with Crippen molar-refractivity contribution < 1.29 is 9.53 Å². The lowest BCUT2D eigenvalue weighted by Crippen LogP contribution is -2.27. The van der Waals surface area contributed by atoms with Crippen molar-refractivity contribution in [3.63, 3.8) is 0 Å². The van der Waals surface area contributed by atoms with E-state index in [0.717, 1.165) is 35.7 Å². The van der Waals surface area contributed by atoms with Gasteiger partial charge >= 0.3 is 0 Å². The fraction of sp³-hybridized carbons (Fsp3) is 0.240. The minimum absolute atomic E-state index is 0.0297. The Hall–Kier alpha value is -3.11. The summed E-state index contributed by atoms with van der Waals surface area (Å²) >= 11 is 0. The molecule has 0 atom stereocenters. The highest BCUT2D eigenvalue weighted by molar-refractivity contribution is 6.01. The van der Waals surface area contributed by atoms with E-state index in [2.05, 4.69) is 19.0 Å². The zero-order chi connectivity index (χ0) is 20.5. The van der Waals surface area contributed by atoms with Gasteiger partial charge in [0.2, 0.25) is 5.91 Å². The average molecular weight is 389 g/mol. The number of anilines is 2. The second-order valence-electron chi connectivity index (χ2n) is 7.23. The molecule has 0 spiro atoms. The van der Waals surface area contributed by atoms with Crippen LogP contribution in [0.2, 0.25) is 0 Å². The Labute approximate surface area is 173 Å². The number of nitrogens with zero attached hydrogens (tertiary/aromatic N) is 2. The van der Waals surface area contributed by atoms with E-state index in [0.29, 0.717) is 13.0 Å². The Morgan fingerprint density at radius 3 is 2.00 bits per heavy atom. The molecule has 0 heterocycles. The SMILES string of the molecule is CN(C)CCCOc1ccc(N(C(=O)Cc2ccccc2)c2ccccc2)cc1. The summed E-state index contributed by atoms with van der Waals surface area (Å²) < 4.78 is 5.82. The monoisotopic (exact) mass is 388 g/mol. The molecule has 0 aliphatic rings. The van der Waals surface area contributed by atoms with Crippen LogP contribution in [0.15, 0.2) is 84.9 Å². The molecular formula is C25H28N2O2. The van der Waals surface area contributed by atoms with Crippen molar-refractivity contribution >= 4 is 17.3 Å². The number of rotatable bonds is 9. The summed E-state index contributed by atoms with van der Waals surface area (Å²) in [5, 5.41) is 0. The molecule has 1 amide bonds. The number of hydrogen-bond acceptors (Lipinski definition) is 3. The number of carbonyl (C=O) groups excluding carboxylic acids is 1. The van der Waals surface area contributed by atoms with Gasteiger partial charge in [-0.3, -0.25) is 9.69 Å². The van der Waals surface area contributed by atoms with Gasteiger partial charge in [-0.25, -0.2) is 0 Å². The van der Waals surface area contributed by atoms with E-state index in [1.807, 2.05) is 84.9 Å². The summed E-state index contributed by atoms with van der Waals surface area (Å²) in [6.07, 6.45) is 1.32. The van der Waals surface area contributed by atoms with Gasteiger partial charge in [-0.15, -0.1) is 0 Å². The van der Waals surface area contributed by atoms with Crippen LogP contribution in [-0.2, 0) is 11.2 Å². The molecule has 0 unspecified atom stereocenters. The Bertz CT molecular complexity index is 878. The number of para-hydroxylation sites is 1. The zero-order valence-corrected chi connectivity index (χ0v) is 17.1. The number of hydrogen-bond donors (Lipinski definition) is 0. The number of carbonyl (C=O) groups is 1. The van der Waals surface area contributed by atoms with Gasteiger partial charge in [-0.05, 0) is 62.5 Å². The third-order valence-corrected chi connectivity index (χ3v) is 4.58. The van der Waals surface area contributed by atoms with Crippen molar-refractivity contribution in [2.24, 2.45) is 0 Å². The largest absolute Gasteiger partial charge is 0.494 e. The molecule has 0 aliphatic carbocycles. The molecule has 0 bridgehead atoms. The summed E-state index contributed by atoms with van der Waals surface area (Å²) in [6, 6.07) is 27.3. The molecule has 0 N–H and O–H groups in total. The molecule has 4 heteroatoms. The lowest BCUT2D eigenvalue weighted by atomic mass is 10.1. The van der Waals surface area contributed by atoms with Crippen LogP contribution >= 0.6 is 0 Å². The van der Waals surface area contributed by atoms with E-state index in [1.54, 1.807) is 4.90 Å². The van der Waals surface area contributed by atoms with Crippen LogP contribution in [0.5, 0.6) is 5.75 Å². The Kier molecular flexibility index (Phi) is 7.42. The molecule has 3 aromatic carbocycles. The minimum Gasteiger partial charge on any atom is -0.494 e. The molecule has 29 heavy (non-hydrogen) atoms. The van der Waals surface area contributed by atoms with Crippen LogP contribution < -0.4 is 9.64 Å². The third-order valence-electron chi connectivity index (χ3n) is 4.58. The molecule has 150 valence electrons. The predicted molar refractivity (Wildman–Crippen MR) is 119 cm³/mol. The quantitative estimate of drug-likeness (QED) is 0.488. The predicted octanol–water partition coefficient (Wildman–Crippen LogP) is 4.92. The van der Waals surface area contributed by atoms with Gasteiger partial charge in [0.05, 0.1) is 13.0 Å². The Morgan fingerprint density at radius 1 is 0.793 bits per heavy atom. The van der Waals surface area contributed by atoms with Crippen LogP contribution in [0.25, 0.3) is 0 Å². The van der Waals surface area contributed by atoms with Crippen LogP contribution in [0.3, 0.4) is 0 Å². The smallest absolute Gasteiger partial charge is 0.235 e. The van der Waals surface area contributed by atoms with E-state index in [1.165, 1.54) is 0 Å². The molecule has 0 radical (unpaired) electrons. The topological polar surface area (TPSA) is 32.8 Å². The summed E-state index contributed by atoms with van der Waals surface area (Å²) in [5.74, 6) is 0.845. The normalized spacial score (nSPS) is 10.7. The first-order valence-corrected chi connectivity index (χ1v) is 9.93. The van der Waals surface area contributed by atoms with Crippen molar-refractivity contribution in [3.05, 3.63) is 90.5 Å². The van der Waals surface area contributed by atoms with E-state index in [-0.39, 0.29) is 5.91 Å². The summed E-state index contributed by atoms with van der Waals surface area (Å²) in [4.78, 5) is 17.1. The van der Waals surface area contributed by atoms with Crippen molar-refractivity contribution in [1.29, 1.82) is 0 Å². The van der Waals surface area contributed by atoms with Crippen LogP contribution in [0, 0.1) is 0 Å². The molecular weight excluding hydrogens is 360 g/mol. The van der Waals surface area contributed by atoms with Gasteiger partial charge in [-0.2, -0.15) is 0 Å². The first-order chi connectivity index (χ1) is 14.1. The molecule has 0 aliphatic heterocycles. The van der Waals surface area contributed by atoms with Gasteiger partial charge in [0, 0.05) is 17.9 Å². The van der Waals surface area contributed by atoms with Gasteiger partial charge in [0.1, 0.15) is 5.75 Å². The minimum atomic E-state index is 0.0297. The van der Waals surface area contributed by atoms with Gasteiger partial charge in [-0.1, -0.05) is 48.5 Å². The second kappa shape index (κ2) is 10.4. The highest BCUT2D eigenvalue weighted by atomic mass is 16.5. The van der Waals surface area contributed by atoms with Gasteiger partial charge in [0.25, 0.3) is 0 Å². The van der Waals surface area contributed by atoms with E-state index in [9.17, 15) is 4.79 Å². The first-order valence-electron chi connectivity index (χ1n) is 9.93. The van der Waals surface area contributed by atoms with Crippen LogP contribution in [0.4, 0.5) is 11.4 Å². The highest BCUT2D eigenvalue weighted by Crippen LogP contribution is 2.28. The Balaban J connectivity index is 1.75. The number of benzene rings is 3. The second-order valence-corrected chi connectivity index (χ2v) is 7.23. The number of ether oxygens (including phenoxy) is 1.